The lowest BCUT2D eigenvalue weighted by Crippen LogP contribution is -2.28. The Hall–Kier alpha value is -1.40. The smallest absolute Gasteiger partial charge is 0.336 e. The van der Waals surface area contributed by atoms with E-state index in [0.717, 1.165) is 0 Å². The molecule has 0 aromatic heterocycles. The normalized spacial score (nSPS) is 11.9. The molecule has 0 fully saturated rings. The van der Waals surface area contributed by atoms with E-state index in [0.29, 0.717) is 16.7 Å². The van der Waals surface area contributed by atoms with E-state index in [1.54, 1.807) is 26.1 Å². The van der Waals surface area contributed by atoms with Crippen LogP contribution in [0.3, 0.4) is 0 Å². The molecular formula is C12H15BrN2O3. The zero-order chi connectivity index (χ0) is 13.7. The minimum Gasteiger partial charge on any atom is -0.478 e. The van der Waals surface area contributed by atoms with E-state index in [1.807, 2.05) is 0 Å². The van der Waals surface area contributed by atoms with Crippen molar-refractivity contribution in [3.8, 4) is 0 Å². The minimum absolute atomic E-state index is 0.120. The molecule has 1 rings (SSSR count). The van der Waals surface area contributed by atoms with E-state index < -0.39 is 5.97 Å². The number of carbonyl (C=O) groups excluding carboxylic acids is 1. The van der Waals surface area contributed by atoms with Gasteiger partial charge in [0.15, 0.2) is 0 Å². The molecule has 3 N–H and O–H groups in total. The van der Waals surface area contributed by atoms with Gasteiger partial charge in [0.1, 0.15) is 0 Å². The molecule has 0 spiro atoms. The number of aromatic carboxylic acids is 1. The molecule has 6 heteroatoms. The van der Waals surface area contributed by atoms with Crippen LogP contribution in [0, 0.1) is 5.92 Å². The number of halogens is 1. The number of hydrogen-bond donors (Lipinski definition) is 3. The highest BCUT2D eigenvalue weighted by atomic mass is 79.9. The Balaban J connectivity index is 2.82. The Morgan fingerprint density at radius 3 is 2.67 bits per heavy atom. The highest BCUT2D eigenvalue weighted by molar-refractivity contribution is 9.10. The molecule has 0 aliphatic carbocycles. The summed E-state index contributed by atoms with van der Waals surface area (Å²) in [5, 5.41) is 14.6. The van der Waals surface area contributed by atoms with Crippen LogP contribution in [0.4, 0.5) is 5.69 Å². The van der Waals surface area contributed by atoms with Gasteiger partial charge in [0.25, 0.3) is 0 Å². The molecule has 0 saturated heterocycles. The van der Waals surface area contributed by atoms with E-state index in [-0.39, 0.29) is 17.4 Å². The largest absolute Gasteiger partial charge is 0.478 e. The third-order valence-electron chi connectivity index (χ3n) is 2.42. The van der Waals surface area contributed by atoms with Gasteiger partial charge < -0.3 is 15.7 Å². The van der Waals surface area contributed by atoms with E-state index in [9.17, 15) is 9.59 Å². The van der Waals surface area contributed by atoms with Crippen LogP contribution in [0.5, 0.6) is 0 Å². The summed E-state index contributed by atoms with van der Waals surface area (Å²) < 4.78 is 0.483. The number of carbonyl (C=O) groups is 2. The van der Waals surface area contributed by atoms with Crippen molar-refractivity contribution in [1.82, 2.24) is 5.32 Å². The molecule has 0 aliphatic heterocycles. The highest BCUT2D eigenvalue weighted by Crippen LogP contribution is 2.21. The Morgan fingerprint density at radius 1 is 1.44 bits per heavy atom. The standard InChI is InChI=1S/C12H15BrN2O3/c1-7(6-14-2)11(16)15-8-3-4-10(13)9(5-8)12(17)18/h3-5,7,14H,6H2,1-2H3,(H,15,16)(H,17,18). The molecule has 0 radical (unpaired) electrons. The van der Waals surface area contributed by atoms with Gasteiger partial charge in [0.05, 0.1) is 5.56 Å². The van der Waals surface area contributed by atoms with Crippen LogP contribution < -0.4 is 10.6 Å². The number of nitrogens with one attached hydrogen (secondary N) is 2. The van der Waals surface area contributed by atoms with Crippen molar-refractivity contribution in [3.05, 3.63) is 28.2 Å². The topological polar surface area (TPSA) is 78.4 Å². The van der Waals surface area contributed by atoms with Crippen molar-refractivity contribution in [2.75, 3.05) is 18.9 Å². The molecule has 1 atom stereocenters. The quantitative estimate of drug-likeness (QED) is 0.776. The summed E-state index contributed by atoms with van der Waals surface area (Å²) in [6.45, 7) is 2.36. The van der Waals surface area contributed by atoms with Crippen LogP contribution in [0.15, 0.2) is 22.7 Å². The van der Waals surface area contributed by atoms with Gasteiger partial charge in [-0.25, -0.2) is 4.79 Å². The average molecular weight is 315 g/mol. The van der Waals surface area contributed by atoms with E-state index >= 15 is 0 Å². The average Bonchev–Trinajstić information content (AvgIpc) is 2.31. The van der Waals surface area contributed by atoms with Crippen molar-refractivity contribution < 1.29 is 14.7 Å². The maximum atomic E-state index is 11.8. The lowest BCUT2D eigenvalue weighted by atomic mass is 10.1. The highest BCUT2D eigenvalue weighted by Gasteiger charge is 2.14. The van der Waals surface area contributed by atoms with Gasteiger partial charge in [-0.15, -0.1) is 0 Å². The Morgan fingerprint density at radius 2 is 2.11 bits per heavy atom. The maximum Gasteiger partial charge on any atom is 0.336 e. The summed E-state index contributed by atoms with van der Waals surface area (Å²) in [5.74, 6) is -1.38. The molecule has 0 heterocycles. The Labute approximate surface area is 114 Å². The SMILES string of the molecule is CNCC(C)C(=O)Nc1ccc(Br)c(C(=O)O)c1. The monoisotopic (exact) mass is 314 g/mol. The summed E-state index contributed by atoms with van der Waals surface area (Å²) in [6.07, 6.45) is 0. The lowest BCUT2D eigenvalue weighted by molar-refractivity contribution is -0.119. The van der Waals surface area contributed by atoms with Gasteiger partial charge in [0.2, 0.25) is 5.91 Å². The molecule has 1 aromatic carbocycles. The molecule has 1 amide bonds. The second-order valence-electron chi connectivity index (χ2n) is 3.95. The molecule has 18 heavy (non-hydrogen) atoms. The minimum atomic E-state index is -1.04. The predicted octanol–water partition coefficient (Wildman–Crippen LogP) is 1.94. The number of carboxylic acid groups (broad SMARTS) is 1. The van der Waals surface area contributed by atoms with Crippen molar-refractivity contribution >= 4 is 33.5 Å². The first-order chi connectivity index (χ1) is 8.45. The second-order valence-corrected chi connectivity index (χ2v) is 4.80. The first-order valence-electron chi connectivity index (χ1n) is 5.44. The molecule has 0 bridgehead atoms. The summed E-state index contributed by atoms with van der Waals surface area (Å²) >= 11 is 3.15. The summed E-state index contributed by atoms with van der Waals surface area (Å²) in [6, 6.07) is 4.68. The Kier molecular flexibility index (Phi) is 5.30. The van der Waals surface area contributed by atoms with Crippen LogP contribution in [-0.2, 0) is 4.79 Å². The van der Waals surface area contributed by atoms with Crippen LogP contribution in [0.2, 0.25) is 0 Å². The number of carboxylic acids is 1. The number of hydrogen-bond acceptors (Lipinski definition) is 3. The van der Waals surface area contributed by atoms with Crippen LogP contribution in [-0.4, -0.2) is 30.6 Å². The second kappa shape index (κ2) is 6.51. The van der Waals surface area contributed by atoms with Crippen LogP contribution >= 0.6 is 15.9 Å². The van der Waals surface area contributed by atoms with Gasteiger partial charge in [-0.05, 0) is 41.2 Å². The molecular weight excluding hydrogens is 300 g/mol. The number of anilines is 1. The van der Waals surface area contributed by atoms with E-state index in [1.165, 1.54) is 6.07 Å². The maximum absolute atomic E-state index is 11.8. The van der Waals surface area contributed by atoms with Gasteiger partial charge >= 0.3 is 5.97 Å². The molecule has 1 aromatic rings. The Bertz CT molecular complexity index is 463. The lowest BCUT2D eigenvalue weighted by Gasteiger charge is -2.12. The third-order valence-corrected chi connectivity index (χ3v) is 3.11. The zero-order valence-corrected chi connectivity index (χ0v) is 11.7. The molecule has 98 valence electrons. The summed E-state index contributed by atoms with van der Waals surface area (Å²) in [7, 11) is 1.77. The van der Waals surface area contributed by atoms with Gasteiger partial charge in [-0.1, -0.05) is 6.92 Å². The molecule has 0 saturated carbocycles. The van der Waals surface area contributed by atoms with Crippen LogP contribution in [0.1, 0.15) is 17.3 Å². The van der Waals surface area contributed by atoms with Crippen molar-refractivity contribution in [3.63, 3.8) is 0 Å². The first kappa shape index (κ1) is 14.7. The van der Waals surface area contributed by atoms with Gasteiger partial charge in [-0.3, -0.25) is 4.79 Å². The third kappa shape index (κ3) is 3.82. The summed E-state index contributed by atoms with van der Waals surface area (Å²) in [5.41, 5.74) is 0.595. The van der Waals surface area contributed by atoms with Crippen molar-refractivity contribution in [2.45, 2.75) is 6.92 Å². The van der Waals surface area contributed by atoms with Crippen molar-refractivity contribution in [1.29, 1.82) is 0 Å². The number of amides is 1. The van der Waals surface area contributed by atoms with Gasteiger partial charge in [0, 0.05) is 22.6 Å². The molecule has 1 unspecified atom stereocenters. The number of rotatable bonds is 5. The molecule has 0 aliphatic rings. The van der Waals surface area contributed by atoms with E-state index in [4.69, 9.17) is 5.11 Å². The number of benzene rings is 1. The van der Waals surface area contributed by atoms with Gasteiger partial charge in [-0.2, -0.15) is 0 Å². The first-order valence-corrected chi connectivity index (χ1v) is 6.23. The predicted molar refractivity (Wildman–Crippen MR) is 72.8 cm³/mol. The fraction of sp³-hybridized carbons (Fsp3) is 0.333. The fourth-order valence-corrected chi connectivity index (χ4v) is 1.85. The summed E-state index contributed by atoms with van der Waals surface area (Å²) in [4.78, 5) is 22.7. The van der Waals surface area contributed by atoms with Crippen LogP contribution in [0.25, 0.3) is 0 Å². The fourth-order valence-electron chi connectivity index (χ4n) is 1.43. The van der Waals surface area contributed by atoms with E-state index in [2.05, 4.69) is 26.6 Å². The molecule has 5 nitrogen and oxygen atoms in total. The van der Waals surface area contributed by atoms with Crippen molar-refractivity contribution in [2.24, 2.45) is 5.92 Å². The zero-order valence-electron chi connectivity index (χ0n) is 10.2.